The summed E-state index contributed by atoms with van der Waals surface area (Å²) in [5, 5.41) is 14.1. The van der Waals surface area contributed by atoms with Gasteiger partial charge in [-0.05, 0) is 25.8 Å². The van der Waals surface area contributed by atoms with Crippen LogP contribution < -0.4 is 5.32 Å². The lowest BCUT2D eigenvalue weighted by atomic mass is 10.1. The van der Waals surface area contributed by atoms with Crippen molar-refractivity contribution < 1.29 is 4.79 Å². The molecule has 0 aliphatic heterocycles. The number of nitrogens with one attached hydrogen (secondary N) is 1. The molecule has 0 saturated carbocycles. The summed E-state index contributed by atoms with van der Waals surface area (Å²) >= 11 is 4.33. The number of rotatable bonds is 6. The SMILES string of the molecule is CCc1ccc(-c2csc(NC(=O)[C@H](C)Sc3nnc(C)s3)n2)cc1. The Morgan fingerprint density at radius 2 is 2.04 bits per heavy atom. The van der Waals surface area contributed by atoms with Gasteiger partial charge >= 0.3 is 0 Å². The van der Waals surface area contributed by atoms with Crippen molar-refractivity contribution in [2.45, 2.75) is 36.8 Å². The second kappa shape index (κ2) is 8.07. The highest BCUT2D eigenvalue weighted by Gasteiger charge is 2.18. The third kappa shape index (κ3) is 4.65. The van der Waals surface area contributed by atoms with Gasteiger partial charge in [0.2, 0.25) is 5.91 Å². The number of thioether (sulfide) groups is 1. The topological polar surface area (TPSA) is 67.8 Å². The Balaban J connectivity index is 1.62. The smallest absolute Gasteiger partial charge is 0.239 e. The minimum absolute atomic E-state index is 0.0833. The lowest BCUT2D eigenvalue weighted by molar-refractivity contribution is -0.115. The quantitative estimate of drug-likeness (QED) is 0.621. The van der Waals surface area contributed by atoms with Crippen molar-refractivity contribution >= 4 is 45.5 Å². The first kappa shape index (κ1) is 18.0. The van der Waals surface area contributed by atoms with Crippen molar-refractivity contribution in [3.63, 3.8) is 0 Å². The number of aromatic nitrogens is 3. The molecule has 2 aromatic heterocycles. The number of carbonyl (C=O) groups excluding carboxylic acids is 1. The number of hydrogen-bond acceptors (Lipinski definition) is 7. The molecule has 130 valence electrons. The third-order valence-corrected chi connectivity index (χ3v) is 6.33. The van der Waals surface area contributed by atoms with Gasteiger partial charge in [-0.2, -0.15) is 0 Å². The fourth-order valence-electron chi connectivity index (χ4n) is 2.11. The van der Waals surface area contributed by atoms with Gasteiger partial charge in [-0.3, -0.25) is 4.79 Å². The van der Waals surface area contributed by atoms with E-state index in [1.165, 1.54) is 40.0 Å². The molecule has 0 radical (unpaired) electrons. The van der Waals surface area contributed by atoms with Crippen LogP contribution in [0.4, 0.5) is 5.13 Å². The number of amides is 1. The zero-order valence-corrected chi connectivity index (χ0v) is 16.6. The monoisotopic (exact) mass is 390 g/mol. The van der Waals surface area contributed by atoms with Crippen molar-refractivity contribution in [2.75, 3.05) is 5.32 Å². The molecule has 8 heteroatoms. The third-order valence-electron chi connectivity index (χ3n) is 3.55. The molecule has 0 fully saturated rings. The lowest BCUT2D eigenvalue weighted by Crippen LogP contribution is -2.22. The van der Waals surface area contributed by atoms with E-state index in [1.807, 2.05) is 19.2 Å². The van der Waals surface area contributed by atoms with Crippen LogP contribution in [0.15, 0.2) is 34.0 Å². The maximum absolute atomic E-state index is 12.3. The molecular weight excluding hydrogens is 372 g/mol. The Hall–Kier alpha value is -1.77. The summed E-state index contributed by atoms with van der Waals surface area (Å²) in [5.41, 5.74) is 3.23. The number of anilines is 1. The molecule has 1 atom stereocenters. The second-order valence-corrected chi connectivity index (χ2v) is 9.05. The van der Waals surface area contributed by atoms with E-state index in [4.69, 9.17) is 0 Å². The number of carbonyl (C=O) groups is 1. The fraction of sp³-hybridized carbons (Fsp3) is 0.294. The largest absolute Gasteiger partial charge is 0.301 e. The second-order valence-electron chi connectivity index (χ2n) is 5.42. The minimum atomic E-state index is -0.261. The van der Waals surface area contributed by atoms with Crippen LogP contribution in [0.2, 0.25) is 0 Å². The molecule has 1 amide bonds. The molecule has 0 bridgehead atoms. The first-order valence-corrected chi connectivity index (χ1v) is 10.4. The average Bonchev–Trinajstić information content (AvgIpc) is 3.24. The molecule has 0 spiro atoms. The molecule has 25 heavy (non-hydrogen) atoms. The van der Waals surface area contributed by atoms with Crippen LogP contribution in [0.1, 0.15) is 24.4 Å². The standard InChI is InChI=1S/C17H18N4OS3/c1-4-12-5-7-13(8-6-12)14-9-23-16(18-14)19-15(22)10(2)24-17-21-20-11(3)25-17/h5-10H,4H2,1-3H3,(H,18,19,22)/t10-/m0/s1. The number of aryl methyl sites for hydroxylation is 2. The Bertz CT molecular complexity index is 857. The van der Waals surface area contributed by atoms with Crippen LogP contribution >= 0.6 is 34.4 Å². The molecule has 0 aliphatic carbocycles. The normalized spacial score (nSPS) is 12.1. The number of thiazole rings is 1. The van der Waals surface area contributed by atoms with Crippen molar-refractivity contribution in [3.8, 4) is 11.3 Å². The highest BCUT2D eigenvalue weighted by atomic mass is 32.2. The van der Waals surface area contributed by atoms with Gasteiger partial charge in [0.25, 0.3) is 0 Å². The van der Waals surface area contributed by atoms with Crippen molar-refractivity contribution in [3.05, 3.63) is 40.2 Å². The summed E-state index contributed by atoms with van der Waals surface area (Å²) in [6, 6.07) is 8.34. The maximum atomic E-state index is 12.3. The van der Waals surface area contributed by atoms with Gasteiger partial charge in [0, 0.05) is 10.9 Å². The predicted molar refractivity (Wildman–Crippen MR) is 106 cm³/mol. The van der Waals surface area contributed by atoms with Crippen LogP contribution in [0.5, 0.6) is 0 Å². The zero-order chi connectivity index (χ0) is 17.8. The summed E-state index contributed by atoms with van der Waals surface area (Å²) in [4.78, 5) is 16.9. The van der Waals surface area contributed by atoms with Crippen molar-refractivity contribution in [1.82, 2.24) is 15.2 Å². The Morgan fingerprint density at radius 1 is 1.28 bits per heavy atom. The van der Waals surface area contributed by atoms with E-state index in [0.29, 0.717) is 5.13 Å². The van der Waals surface area contributed by atoms with Crippen molar-refractivity contribution in [2.24, 2.45) is 0 Å². The van der Waals surface area contributed by atoms with Gasteiger partial charge in [-0.1, -0.05) is 54.3 Å². The molecule has 5 nitrogen and oxygen atoms in total. The lowest BCUT2D eigenvalue weighted by Gasteiger charge is -2.07. The van der Waals surface area contributed by atoms with Gasteiger partial charge < -0.3 is 5.32 Å². The molecular formula is C17H18N4OS3. The number of benzene rings is 1. The van der Waals surface area contributed by atoms with Crippen LogP contribution in [0, 0.1) is 6.92 Å². The van der Waals surface area contributed by atoms with E-state index in [0.717, 1.165) is 27.0 Å². The highest BCUT2D eigenvalue weighted by Crippen LogP contribution is 2.29. The molecule has 1 aromatic carbocycles. The Kier molecular flexibility index (Phi) is 5.82. The summed E-state index contributed by atoms with van der Waals surface area (Å²) in [6.45, 7) is 5.89. The summed E-state index contributed by atoms with van der Waals surface area (Å²) < 4.78 is 0.802. The Morgan fingerprint density at radius 3 is 2.68 bits per heavy atom. The molecule has 2 heterocycles. The minimum Gasteiger partial charge on any atom is -0.301 e. The van der Waals surface area contributed by atoms with E-state index in [-0.39, 0.29) is 11.2 Å². The molecule has 1 N–H and O–H groups in total. The first-order chi connectivity index (χ1) is 12.0. The van der Waals surface area contributed by atoms with E-state index in [1.54, 1.807) is 0 Å². The van der Waals surface area contributed by atoms with Crippen LogP contribution in [-0.4, -0.2) is 26.3 Å². The van der Waals surface area contributed by atoms with Crippen molar-refractivity contribution in [1.29, 1.82) is 0 Å². The molecule has 0 unspecified atom stereocenters. The van der Waals surface area contributed by atoms with Gasteiger partial charge in [0.05, 0.1) is 10.9 Å². The van der Waals surface area contributed by atoms with E-state index < -0.39 is 0 Å². The summed E-state index contributed by atoms with van der Waals surface area (Å²) in [5.74, 6) is -0.0833. The first-order valence-electron chi connectivity index (χ1n) is 7.87. The van der Waals surface area contributed by atoms with E-state index in [9.17, 15) is 4.79 Å². The Labute approximate surface area is 158 Å². The fourth-order valence-corrected chi connectivity index (χ4v) is 4.80. The van der Waals surface area contributed by atoms with Crippen LogP contribution in [0.25, 0.3) is 11.3 Å². The van der Waals surface area contributed by atoms with E-state index >= 15 is 0 Å². The molecule has 3 rings (SSSR count). The number of hydrogen-bond donors (Lipinski definition) is 1. The van der Waals surface area contributed by atoms with Crippen LogP contribution in [-0.2, 0) is 11.2 Å². The van der Waals surface area contributed by atoms with Gasteiger partial charge in [0.1, 0.15) is 5.01 Å². The predicted octanol–water partition coefficient (Wildman–Crippen LogP) is 4.65. The molecule has 0 saturated heterocycles. The number of nitrogens with zero attached hydrogens (tertiary/aromatic N) is 3. The average molecular weight is 391 g/mol. The van der Waals surface area contributed by atoms with Gasteiger partial charge in [-0.25, -0.2) is 4.98 Å². The van der Waals surface area contributed by atoms with Gasteiger partial charge in [0.15, 0.2) is 9.47 Å². The summed E-state index contributed by atoms with van der Waals surface area (Å²) in [6.07, 6.45) is 1.02. The molecule has 3 aromatic rings. The maximum Gasteiger partial charge on any atom is 0.239 e. The summed E-state index contributed by atoms with van der Waals surface area (Å²) in [7, 11) is 0. The van der Waals surface area contributed by atoms with Crippen LogP contribution in [0.3, 0.4) is 0 Å². The van der Waals surface area contributed by atoms with Gasteiger partial charge in [-0.15, -0.1) is 21.5 Å². The van der Waals surface area contributed by atoms with E-state index in [2.05, 4.69) is 51.7 Å². The highest BCUT2D eigenvalue weighted by molar-refractivity contribution is 8.02. The zero-order valence-electron chi connectivity index (χ0n) is 14.1. The molecule has 0 aliphatic rings.